The largest absolute Gasteiger partial charge is 0.349 e. The molecule has 3 heterocycles. The Morgan fingerprint density at radius 1 is 1.09 bits per heavy atom. The zero-order valence-electron chi connectivity index (χ0n) is 20.6. The van der Waals surface area contributed by atoms with Gasteiger partial charge in [0.05, 0.1) is 11.4 Å². The van der Waals surface area contributed by atoms with E-state index in [1.807, 2.05) is 11.8 Å². The van der Waals surface area contributed by atoms with Crippen molar-refractivity contribution in [3.63, 3.8) is 0 Å². The molecule has 0 saturated carbocycles. The van der Waals surface area contributed by atoms with Crippen LogP contribution in [0.15, 0.2) is 54.1 Å². The molecule has 0 unspecified atom stereocenters. The summed E-state index contributed by atoms with van der Waals surface area (Å²) in [6.45, 7) is 13.4. The number of amides is 1. The van der Waals surface area contributed by atoms with Gasteiger partial charge in [0.15, 0.2) is 5.65 Å². The Labute approximate surface area is 205 Å². The average molecular weight is 476 g/mol. The number of anilines is 1. The van der Waals surface area contributed by atoms with E-state index in [-0.39, 0.29) is 17.6 Å². The second-order valence-electron chi connectivity index (χ2n) is 8.78. The average Bonchev–Trinajstić information content (AvgIpc) is 2.89. The highest BCUT2D eigenvalue weighted by Gasteiger charge is 2.25. The first kappa shape index (κ1) is 24.5. The Morgan fingerprint density at radius 3 is 2.37 bits per heavy atom. The molecule has 184 valence electrons. The maximum Gasteiger partial charge on any atom is 0.349 e. The summed E-state index contributed by atoms with van der Waals surface area (Å²) in [5, 5.41) is 4.08. The highest BCUT2D eigenvalue weighted by atomic mass is 16.2. The number of benzene rings is 1. The van der Waals surface area contributed by atoms with Crippen LogP contribution in [0.5, 0.6) is 0 Å². The third-order valence-corrected chi connectivity index (χ3v) is 6.71. The van der Waals surface area contributed by atoms with Crippen molar-refractivity contribution < 1.29 is 4.79 Å². The summed E-state index contributed by atoms with van der Waals surface area (Å²) in [7, 11) is 0. The number of aryl methyl sites for hydroxylation is 1. The monoisotopic (exact) mass is 475 g/mol. The predicted molar refractivity (Wildman–Crippen MR) is 137 cm³/mol. The van der Waals surface area contributed by atoms with Crippen LogP contribution in [0.2, 0.25) is 0 Å². The minimum atomic E-state index is -0.313. The van der Waals surface area contributed by atoms with Crippen LogP contribution in [0.3, 0.4) is 0 Å². The lowest BCUT2D eigenvalue weighted by Crippen LogP contribution is -2.49. The van der Waals surface area contributed by atoms with Crippen LogP contribution in [0.1, 0.15) is 50.4 Å². The van der Waals surface area contributed by atoms with E-state index in [9.17, 15) is 9.59 Å². The molecule has 1 aromatic carbocycles. The third-order valence-electron chi connectivity index (χ3n) is 6.71. The SMILES string of the molecule is C=CC(=O)N1CCN([C@H](CC)c2ccc([C@H](C)Nc3ncc4cnc(=O)n(CC)c4n3)cc2)CC1. The van der Waals surface area contributed by atoms with Gasteiger partial charge in [0.1, 0.15) is 0 Å². The van der Waals surface area contributed by atoms with Crippen molar-refractivity contribution in [3.8, 4) is 0 Å². The molecule has 1 fully saturated rings. The topological polar surface area (TPSA) is 96.3 Å². The molecule has 4 rings (SSSR count). The van der Waals surface area contributed by atoms with Crippen LogP contribution in [-0.2, 0) is 11.3 Å². The van der Waals surface area contributed by atoms with Gasteiger partial charge in [-0.05, 0) is 37.5 Å². The molecule has 1 aliphatic heterocycles. The summed E-state index contributed by atoms with van der Waals surface area (Å²) < 4.78 is 1.54. The van der Waals surface area contributed by atoms with E-state index in [2.05, 4.69) is 69.9 Å². The normalized spacial score (nSPS) is 16.1. The Hall–Kier alpha value is -3.59. The lowest BCUT2D eigenvalue weighted by Gasteiger charge is -2.39. The standard InChI is InChI=1S/C26H33N7O2/c1-5-22(31-12-14-32(15-13-31)23(34)6-2)20-10-8-19(9-11-20)18(4)29-25-27-16-21-17-28-26(35)33(7-3)24(21)30-25/h6,8-11,16-18,22H,2,5,7,12-15H2,1,3-4H3,(H,27,29,30)/t18-,22+/m0/s1. The maximum absolute atomic E-state index is 12.1. The van der Waals surface area contributed by atoms with Crippen LogP contribution in [0, 0.1) is 0 Å². The molecule has 1 amide bonds. The smallest absolute Gasteiger partial charge is 0.348 e. The minimum Gasteiger partial charge on any atom is -0.348 e. The lowest BCUT2D eigenvalue weighted by molar-refractivity contribution is -0.128. The van der Waals surface area contributed by atoms with Gasteiger partial charge in [-0.3, -0.25) is 14.3 Å². The summed E-state index contributed by atoms with van der Waals surface area (Å²) >= 11 is 0. The van der Waals surface area contributed by atoms with E-state index in [4.69, 9.17) is 0 Å². The minimum absolute atomic E-state index is 0.00794. The van der Waals surface area contributed by atoms with Crippen molar-refractivity contribution in [2.45, 2.75) is 45.8 Å². The number of nitrogens with one attached hydrogen (secondary N) is 1. The number of piperazine rings is 1. The first-order chi connectivity index (χ1) is 16.9. The van der Waals surface area contributed by atoms with Crippen molar-refractivity contribution in [1.29, 1.82) is 0 Å². The van der Waals surface area contributed by atoms with Crippen LogP contribution in [0.25, 0.3) is 11.0 Å². The van der Waals surface area contributed by atoms with Crippen molar-refractivity contribution in [2.24, 2.45) is 0 Å². The van der Waals surface area contributed by atoms with Gasteiger partial charge in [0.25, 0.3) is 0 Å². The lowest BCUT2D eigenvalue weighted by atomic mass is 9.98. The van der Waals surface area contributed by atoms with Crippen molar-refractivity contribution in [3.05, 3.63) is 70.9 Å². The molecule has 2 atom stereocenters. The van der Waals surface area contributed by atoms with Gasteiger partial charge in [0.2, 0.25) is 11.9 Å². The van der Waals surface area contributed by atoms with Crippen LogP contribution in [0.4, 0.5) is 5.95 Å². The van der Waals surface area contributed by atoms with E-state index in [1.165, 1.54) is 17.8 Å². The number of hydrogen-bond acceptors (Lipinski definition) is 7. The van der Waals surface area contributed by atoms with E-state index in [0.717, 1.165) is 43.5 Å². The molecular weight excluding hydrogens is 442 g/mol. The summed E-state index contributed by atoms with van der Waals surface area (Å²) in [5.41, 5.74) is 2.66. The summed E-state index contributed by atoms with van der Waals surface area (Å²) in [6, 6.07) is 8.95. The number of carbonyl (C=O) groups is 1. The first-order valence-corrected chi connectivity index (χ1v) is 12.2. The Bertz CT molecular complexity index is 1250. The number of hydrogen-bond donors (Lipinski definition) is 1. The first-order valence-electron chi connectivity index (χ1n) is 12.2. The second kappa shape index (κ2) is 10.8. The second-order valence-corrected chi connectivity index (χ2v) is 8.78. The number of nitrogens with zero attached hydrogens (tertiary/aromatic N) is 6. The van der Waals surface area contributed by atoms with Gasteiger partial charge in [-0.15, -0.1) is 0 Å². The quantitative estimate of drug-likeness (QED) is 0.500. The number of fused-ring (bicyclic) bond motifs is 1. The van der Waals surface area contributed by atoms with Crippen LogP contribution < -0.4 is 11.0 Å². The fourth-order valence-electron chi connectivity index (χ4n) is 4.70. The van der Waals surface area contributed by atoms with Gasteiger partial charge >= 0.3 is 5.69 Å². The molecule has 9 nitrogen and oxygen atoms in total. The van der Waals surface area contributed by atoms with Gasteiger partial charge in [0, 0.05) is 51.2 Å². The molecule has 35 heavy (non-hydrogen) atoms. The van der Waals surface area contributed by atoms with Crippen molar-refractivity contribution in [1.82, 2.24) is 29.3 Å². The van der Waals surface area contributed by atoms with Gasteiger partial charge < -0.3 is 10.2 Å². The van der Waals surface area contributed by atoms with Crippen LogP contribution in [-0.4, -0.2) is 61.4 Å². The Morgan fingerprint density at radius 2 is 1.74 bits per heavy atom. The van der Waals surface area contributed by atoms with E-state index in [0.29, 0.717) is 24.2 Å². The molecule has 1 aliphatic rings. The van der Waals surface area contributed by atoms with Gasteiger partial charge in [-0.2, -0.15) is 4.98 Å². The molecule has 3 aromatic rings. The van der Waals surface area contributed by atoms with Gasteiger partial charge in [-0.25, -0.2) is 14.8 Å². The molecule has 0 radical (unpaired) electrons. The van der Waals surface area contributed by atoms with Crippen LogP contribution >= 0.6 is 0 Å². The summed E-state index contributed by atoms with van der Waals surface area (Å²) in [6.07, 6.45) is 5.59. The zero-order valence-corrected chi connectivity index (χ0v) is 20.6. The highest BCUT2D eigenvalue weighted by molar-refractivity contribution is 5.87. The third kappa shape index (κ3) is 5.24. The molecule has 1 N–H and O–H groups in total. The Kier molecular flexibility index (Phi) is 7.55. The highest BCUT2D eigenvalue weighted by Crippen LogP contribution is 2.27. The molecular formula is C26H33N7O2. The number of rotatable bonds is 8. The van der Waals surface area contributed by atoms with Gasteiger partial charge in [-0.1, -0.05) is 37.8 Å². The van der Waals surface area contributed by atoms with E-state index in [1.54, 1.807) is 10.8 Å². The molecule has 1 saturated heterocycles. The molecule has 2 aromatic heterocycles. The molecule has 0 aliphatic carbocycles. The summed E-state index contributed by atoms with van der Waals surface area (Å²) in [4.78, 5) is 41.1. The molecule has 9 heteroatoms. The van der Waals surface area contributed by atoms with Crippen molar-refractivity contribution >= 4 is 22.9 Å². The van der Waals surface area contributed by atoms with E-state index < -0.39 is 0 Å². The number of aromatic nitrogens is 4. The predicted octanol–water partition coefficient (Wildman–Crippen LogP) is 3.16. The zero-order chi connectivity index (χ0) is 24.9. The van der Waals surface area contributed by atoms with E-state index >= 15 is 0 Å². The molecule has 0 spiro atoms. The Balaban J connectivity index is 1.45. The maximum atomic E-state index is 12.1. The molecule has 0 bridgehead atoms. The summed E-state index contributed by atoms with van der Waals surface area (Å²) in [5.74, 6) is 0.480. The number of carbonyl (C=O) groups excluding carboxylic acids is 1. The fourth-order valence-corrected chi connectivity index (χ4v) is 4.70. The van der Waals surface area contributed by atoms with Crippen molar-refractivity contribution in [2.75, 3.05) is 31.5 Å². The fraction of sp³-hybridized carbons (Fsp3) is 0.423.